The first-order chi connectivity index (χ1) is 18.2. The quantitative estimate of drug-likeness (QED) is 0.173. The summed E-state index contributed by atoms with van der Waals surface area (Å²) < 4.78 is 10.8. The smallest absolute Gasteiger partial charge is 0.264 e. The molecule has 0 radical (unpaired) electrons. The number of rotatable bonds is 8. The van der Waals surface area contributed by atoms with Crippen LogP contribution in [0.1, 0.15) is 32.6 Å². The minimum Gasteiger partial charge on any atom is -0.361 e. The Kier molecular flexibility index (Phi) is 6.69. The average molecular weight is 570 g/mol. The van der Waals surface area contributed by atoms with Crippen molar-refractivity contribution in [2.24, 2.45) is 13.0 Å². The Balaban J connectivity index is 1.49. The molecule has 0 saturated carbocycles. The normalized spacial score (nSPS) is 21.4. The van der Waals surface area contributed by atoms with Gasteiger partial charge in [-0.3, -0.25) is 9.36 Å². The maximum atomic E-state index is 14.1. The number of benzene rings is 1. The predicted octanol–water partition coefficient (Wildman–Crippen LogP) is 6.74. The third kappa shape index (κ3) is 4.31. The minimum absolute atomic E-state index is 0.0411. The topological polar surface area (TPSA) is 65.2 Å². The van der Waals surface area contributed by atoms with Gasteiger partial charge in [0.15, 0.2) is 5.65 Å². The van der Waals surface area contributed by atoms with E-state index < -0.39 is 8.07 Å². The second-order valence-electron chi connectivity index (χ2n) is 12.1. The lowest BCUT2D eigenvalue weighted by molar-refractivity contribution is 0.0899. The number of halogens is 1. The van der Waals surface area contributed by atoms with Crippen LogP contribution in [0.2, 0.25) is 30.7 Å². The molecule has 0 N–H and O–H groups in total. The van der Waals surface area contributed by atoms with Gasteiger partial charge < -0.3 is 14.2 Å². The van der Waals surface area contributed by atoms with Crippen LogP contribution in [0.15, 0.2) is 28.6 Å². The fourth-order valence-corrected chi connectivity index (χ4v) is 8.22. The number of aromatic nitrogens is 4. The molecule has 3 atom stereocenters. The van der Waals surface area contributed by atoms with Crippen molar-refractivity contribution in [2.75, 3.05) is 11.5 Å². The number of hydrogen-bond acceptors (Lipinski definition) is 6. The number of hydrogen-bond donors (Lipinski definition) is 0. The molecule has 2 fully saturated rings. The Morgan fingerprint density at radius 3 is 2.76 bits per heavy atom. The summed E-state index contributed by atoms with van der Waals surface area (Å²) in [6.45, 7) is 10.4. The zero-order chi connectivity index (χ0) is 26.8. The first-order valence-corrected chi connectivity index (χ1v) is 18.6. The Morgan fingerprint density at radius 1 is 1.21 bits per heavy atom. The van der Waals surface area contributed by atoms with Crippen molar-refractivity contribution >= 4 is 58.2 Å². The highest BCUT2D eigenvalue weighted by molar-refractivity contribution is 7.17. The third-order valence-electron chi connectivity index (χ3n) is 8.45. The van der Waals surface area contributed by atoms with Gasteiger partial charge in [-0.05, 0) is 37.3 Å². The fraction of sp³-hybridized carbons (Fsp3) is 0.536. The summed E-state index contributed by atoms with van der Waals surface area (Å²) in [6.07, 6.45) is 6.70. The van der Waals surface area contributed by atoms with E-state index in [1.54, 1.807) is 10.1 Å². The predicted molar refractivity (Wildman–Crippen MR) is 160 cm³/mol. The summed E-state index contributed by atoms with van der Waals surface area (Å²) in [5.74, 6) is 1.45. The summed E-state index contributed by atoms with van der Waals surface area (Å²) in [5.41, 5.74) is 4.92. The summed E-state index contributed by atoms with van der Waals surface area (Å²) in [5, 5.41) is 1.22. The van der Waals surface area contributed by atoms with E-state index in [9.17, 15) is 4.79 Å². The molecular weight excluding hydrogens is 534 g/mol. The molecule has 10 heteroatoms. The lowest BCUT2D eigenvalue weighted by Crippen LogP contribution is -2.36. The molecular formula is C28H36ClN5O2SSi. The van der Waals surface area contributed by atoms with Crippen molar-refractivity contribution in [1.82, 2.24) is 19.1 Å². The fourth-order valence-electron chi connectivity index (χ4n) is 6.35. The van der Waals surface area contributed by atoms with Crippen LogP contribution in [0.4, 0.5) is 5.95 Å². The van der Waals surface area contributed by atoms with Crippen LogP contribution in [0.25, 0.3) is 32.4 Å². The molecule has 202 valence electrons. The van der Waals surface area contributed by atoms with Crippen LogP contribution in [-0.2, 0) is 18.5 Å². The highest BCUT2D eigenvalue weighted by atomic mass is 35.5. The molecule has 3 aromatic heterocycles. The van der Waals surface area contributed by atoms with Gasteiger partial charge in [0.25, 0.3) is 5.56 Å². The maximum absolute atomic E-state index is 14.1. The molecule has 2 aliphatic rings. The number of fused-ring (bicyclic) bond motifs is 4. The monoisotopic (exact) mass is 569 g/mol. The standard InChI is InChI=1S/C28H36ClN5O2SSi/c1-6-17-13-18-7-10-22(17)34(18)28-31-26-23(27(35)32(28)2)20(14-33(26)16-36-11-12-38(3,4)5)19-8-9-21-25(24(19)29)37-15-30-21/h8-9,14-15,17-18,22H,6-7,10-13,16H2,1-5H3/t17-,18+,22-/m1/s1. The molecule has 0 unspecified atom stereocenters. The van der Waals surface area contributed by atoms with E-state index in [1.807, 2.05) is 29.9 Å². The van der Waals surface area contributed by atoms with Gasteiger partial charge in [-0.25, -0.2) is 4.98 Å². The van der Waals surface area contributed by atoms with Gasteiger partial charge in [0.05, 0.1) is 26.1 Å². The second kappa shape index (κ2) is 9.77. The van der Waals surface area contributed by atoms with E-state index in [1.165, 1.54) is 30.6 Å². The summed E-state index contributed by atoms with van der Waals surface area (Å²) in [4.78, 5) is 26.1. The Bertz CT molecular complexity index is 1570. The zero-order valence-corrected chi connectivity index (χ0v) is 25.4. The van der Waals surface area contributed by atoms with Crippen LogP contribution in [-0.4, -0.2) is 45.9 Å². The zero-order valence-electron chi connectivity index (χ0n) is 22.8. The van der Waals surface area contributed by atoms with E-state index >= 15 is 0 Å². The lowest BCUT2D eigenvalue weighted by Gasteiger charge is -2.26. The summed E-state index contributed by atoms with van der Waals surface area (Å²) in [7, 11) is 0.646. The molecule has 0 spiro atoms. The van der Waals surface area contributed by atoms with Crippen LogP contribution < -0.4 is 10.5 Å². The lowest BCUT2D eigenvalue weighted by atomic mass is 9.87. The number of nitrogens with zero attached hydrogens (tertiary/aromatic N) is 5. The SMILES string of the molecule is CC[C@@H]1C[C@@H]2CC[C@H]1N2c1nc2c(c(-c3ccc4ncsc4c3Cl)cn2COCC[Si](C)(C)C)c(=O)n1C. The molecule has 2 aliphatic heterocycles. The van der Waals surface area contributed by atoms with Crippen molar-refractivity contribution in [3.05, 3.63) is 39.2 Å². The number of thiazole rings is 1. The van der Waals surface area contributed by atoms with Gasteiger partial charge in [-0.1, -0.05) is 50.7 Å². The largest absolute Gasteiger partial charge is 0.361 e. The molecule has 2 bridgehead atoms. The molecule has 0 amide bonds. The number of ether oxygens (including phenoxy) is 1. The molecule has 5 heterocycles. The maximum Gasteiger partial charge on any atom is 0.264 e. The average Bonchev–Trinajstić information content (AvgIpc) is 3.66. The first-order valence-electron chi connectivity index (χ1n) is 13.7. The Morgan fingerprint density at radius 2 is 2.03 bits per heavy atom. The van der Waals surface area contributed by atoms with Crippen LogP contribution in [0.3, 0.4) is 0 Å². The van der Waals surface area contributed by atoms with Crippen molar-refractivity contribution in [3.63, 3.8) is 0 Å². The molecule has 1 aromatic carbocycles. The van der Waals surface area contributed by atoms with Gasteiger partial charge in [-0.2, -0.15) is 4.98 Å². The molecule has 38 heavy (non-hydrogen) atoms. The van der Waals surface area contributed by atoms with Gasteiger partial charge in [0.1, 0.15) is 6.73 Å². The van der Waals surface area contributed by atoms with Crippen LogP contribution >= 0.6 is 22.9 Å². The van der Waals surface area contributed by atoms with E-state index in [2.05, 4.69) is 36.4 Å². The van der Waals surface area contributed by atoms with Crippen molar-refractivity contribution in [3.8, 4) is 11.1 Å². The minimum atomic E-state index is -1.22. The van der Waals surface area contributed by atoms with Gasteiger partial charge in [-0.15, -0.1) is 11.3 Å². The summed E-state index contributed by atoms with van der Waals surface area (Å²) in [6, 6.07) is 5.94. The molecule has 2 saturated heterocycles. The Labute approximate surface area is 233 Å². The molecule has 0 aliphatic carbocycles. The highest BCUT2D eigenvalue weighted by Crippen LogP contribution is 2.45. The van der Waals surface area contributed by atoms with Crippen molar-refractivity contribution < 1.29 is 4.74 Å². The first kappa shape index (κ1) is 26.0. The van der Waals surface area contributed by atoms with Crippen molar-refractivity contribution in [2.45, 2.75) is 77.1 Å². The van der Waals surface area contributed by atoms with E-state index in [0.29, 0.717) is 47.4 Å². The third-order valence-corrected chi connectivity index (χ3v) is 11.5. The van der Waals surface area contributed by atoms with E-state index in [0.717, 1.165) is 39.8 Å². The van der Waals surface area contributed by atoms with E-state index in [-0.39, 0.29) is 5.56 Å². The second-order valence-corrected chi connectivity index (χ2v) is 18.9. The van der Waals surface area contributed by atoms with Crippen LogP contribution in [0.5, 0.6) is 0 Å². The van der Waals surface area contributed by atoms with E-state index in [4.69, 9.17) is 21.3 Å². The molecule has 4 aromatic rings. The van der Waals surface area contributed by atoms with Gasteiger partial charge in [0.2, 0.25) is 5.95 Å². The van der Waals surface area contributed by atoms with Crippen LogP contribution in [0, 0.1) is 5.92 Å². The number of anilines is 1. The molecule has 6 rings (SSSR count). The van der Waals surface area contributed by atoms with Gasteiger partial charge >= 0.3 is 0 Å². The van der Waals surface area contributed by atoms with Gasteiger partial charge in [0, 0.05) is 51.1 Å². The molecule has 7 nitrogen and oxygen atoms in total. The Hall–Kier alpha value is -2.20. The summed E-state index contributed by atoms with van der Waals surface area (Å²) >= 11 is 8.42. The highest BCUT2D eigenvalue weighted by Gasteiger charge is 2.47. The van der Waals surface area contributed by atoms with Crippen molar-refractivity contribution in [1.29, 1.82) is 0 Å².